The number of carboxylic acid groups (broad SMARTS) is 1. The van der Waals surface area contributed by atoms with Gasteiger partial charge >= 0.3 is 0 Å². The highest BCUT2D eigenvalue weighted by molar-refractivity contribution is 7.92. The molecule has 27 heavy (non-hydrogen) atoms. The van der Waals surface area contributed by atoms with E-state index in [4.69, 9.17) is 0 Å². The largest absolute Gasteiger partial charge is 0.545 e. The van der Waals surface area contributed by atoms with Crippen LogP contribution in [-0.2, 0) is 19.7 Å². The maximum atomic E-state index is 12.9. The van der Waals surface area contributed by atoms with Crippen LogP contribution in [0.2, 0.25) is 0 Å². The fraction of sp³-hybridized carbons (Fsp3) is 0. The lowest BCUT2D eigenvalue weighted by Gasteiger charge is -2.14. The Morgan fingerprint density at radius 3 is 1.59 bits per heavy atom. The van der Waals surface area contributed by atoms with Crippen molar-refractivity contribution in [3.05, 3.63) is 84.4 Å². The number of rotatable bonds is 5. The minimum Gasteiger partial charge on any atom is -0.545 e. The SMILES string of the molecule is O=C([O-])c1ccc(S(=O)(=O)c2ccccc2)cc1S(=O)(=O)c1ccccc1. The normalized spacial score (nSPS) is 11.9. The Morgan fingerprint density at radius 2 is 1.11 bits per heavy atom. The smallest absolute Gasteiger partial charge is 0.207 e. The van der Waals surface area contributed by atoms with Crippen molar-refractivity contribution in [3.8, 4) is 0 Å². The van der Waals surface area contributed by atoms with Gasteiger partial charge in [0.1, 0.15) is 0 Å². The van der Waals surface area contributed by atoms with Gasteiger partial charge in [0.2, 0.25) is 19.7 Å². The van der Waals surface area contributed by atoms with Crippen molar-refractivity contribution in [2.45, 2.75) is 19.6 Å². The molecule has 0 spiro atoms. The van der Waals surface area contributed by atoms with Gasteiger partial charge in [0, 0.05) is 5.56 Å². The van der Waals surface area contributed by atoms with Gasteiger partial charge in [-0.1, -0.05) is 42.5 Å². The predicted molar refractivity (Wildman–Crippen MR) is 94.6 cm³/mol. The molecule has 0 radical (unpaired) electrons. The second-order valence-electron chi connectivity index (χ2n) is 5.58. The van der Waals surface area contributed by atoms with E-state index in [0.717, 1.165) is 18.2 Å². The molecule has 0 saturated carbocycles. The standard InChI is InChI=1S/C19H14O6S2/c20-19(21)17-12-11-16(26(22,23)14-7-3-1-4-8-14)13-18(17)27(24,25)15-9-5-2-6-10-15/h1-13H,(H,20,21)/p-1. The van der Waals surface area contributed by atoms with Crippen LogP contribution in [-0.4, -0.2) is 22.8 Å². The zero-order chi connectivity index (χ0) is 19.7. The van der Waals surface area contributed by atoms with E-state index in [9.17, 15) is 26.7 Å². The molecule has 0 N–H and O–H groups in total. The number of sulfone groups is 2. The molecule has 0 fully saturated rings. The molecular formula is C19H13O6S2-. The Bertz CT molecular complexity index is 1200. The Labute approximate surface area is 156 Å². The summed E-state index contributed by atoms with van der Waals surface area (Å²) in [7, 11) is -8.29. The maximum absolute atomic E-state index is 12.9. The topological polar surface area (TPSA) is 108 Å². The van der Waals surface area contributed by atoms with Gasteiger partial charge in [-0.05, 0) is 36.4 Å². The molecule has 0 aliphatic heterocycles. The van der Waals surface area contributed by atoms with Crippen LogP contribution in [0.3, 0.4) is 0 Å². The molecule has 0 bridgehead atoms. The highest BCUT2D eigenvalue weighted by Gasteiger charge is 2.26. The number of aromatic carboxylic acids is 1. The van der Waals surface area contributed by atoms with Crippen molar-refractivity contribution in [3.63, 3.8) is 0 Å². The van der Waals surface area contributed by atoms with Crippen molar-refractivity contribution in [2.24, 2.45) is 0 Å². The first-order chi connectivity index (χ1) is 12.7. The summed E-state index contributed by atoms with van der Waals surface area (Å²) in [4.78, 5) is 10.3. The van der Waals surface area contributed by atoms with Crippen molar-refractivity contribution in [1.82, 2.24) is 0 Å². The first-order valence-electron chi connectivity index (χ1n) is 7.70. The summed E-state index contributed by atoms with van der Waals surface area (Å²) >= 11 is 0. The lowest BCUT2D eigenvalue weighted by molar-refractivity contribution is -0.255. The zero-order valence-corrected chi connectivity index (χ0v) is 15.4. The van der Waals surface area contributed by atoms with Crippen LogP contribution in [0, 0.1) is 0 Å². The van der Waals surface area contributed by atoms with Crippen LogP contribution < -0.4 is 5.11 Å². The molecule has 0 atom stereocenters. The first-order valence-corrected chi connectivity index (χ1v) is 10.7. The lowest BCUT2D eigenvalue weighted by atomic mass is 10.2. The molecule has 8 heteroatoms. The highest BCUT2D eigenvalue weighted by atomic mass is 32.2. The molecule has 0 unspecified atom stereocenters. The molecule has 3 aromatic carbocycles. The van der Waals surface area contributed by atoms with Gasteiger partial charge in [-0.2, -0.15) is 0 Å². The van der Waals surface area contributed by atoms with Gasteiger partial charge < -0.3 is 9.90 Å². The van der Waals surface area contributed by atoms with Crippen molar-refractivity contribution in [2.75, 3.05) is 0 Å². The summed E-state index contributed by atoms with van der Waals surface area (Å²) in [6, 6.07) is 17.5. The molecule has 0 aliphatic carbocycles. The van der Waals surface area contributed by atoms with Gasteiger partial charge in [0.05, 0.1) is 25.6 Å². The fourth-order valence-electron chi connectivity index (χ4n) is 2.52. The van der Waals surface area contributed by atoms with Crippen molar-refractivity contribution < 1.29 is 26.7 Å². The van der Waals surface area contributed by atoms with E-state index in [1.54, 1.807) is 12.1 Å². The summed E-state index contributed by atoms with van der Waals surface area (Å²) in [5.41, 5.74) is -0.606. The predicted octanol–water partition coefficient (Wildman–Crippen LogP) is 1.72. The van der Waals surface area contributed by atoms with Gasteiger partial charge in [-0.3, -0.25) is 0 Å². The minimum atomic E-state index is -4.26. The summed E-state index contributed by atoms with van der Waals surface area (Å²) in [6.07, 6.45) is 0. The Balaban J connectivity index is 2.26. The van der Waals surface area contributed by atoms with Gasteiger partial charge in [0.25, 0.3) is 0 Å². The summed E-state index contributed by atoms with van der Waals surface area (Å²) < 4.78 is 51.3. The van der Waals surface area contributed by atoms with Gasteiger partial charge in [0.15, 0.2) is 0 Å². The molecule has 0 heterocycles. The third-order valence-corrected chi connectivity index (χ3v) is 7.46. The molecule has 0 saturated heterocycles. The molecule has 6 nitrogen and oxygen atoms in total. The molecule has 3 rings (SSSR count). The Hall–Kier alpha value is -2.97. The van der Waals surface area contributed by atoms with E-state index in [2.05, 4.69) is 0 Å². The van der Waals surface area contributed by atoms with Crippen LogP contribution in [0.15, 0.2) is 98.4 Å². The van der Waals surface area contributed by atoms with Crippen LogP contribution in [0.1, 0.15) is 10.4 Å². The lowest BCUT2D eigenvalue weighted by Crippen LogP contribution is -2.25. The van der Waals surface area contributed by atoms with Crippen molar-refractivity contribution in [1.29, 1.82) is 0 Å². The number of carbonyl (C=O) groups excluding carboxylic acids is 1. The number of carbonyl (C=O) groups is 1. The van der Waals surface area contributed by atoms with Crippen LogP contribution >= 0.6 is 0 Å². The highest BCUT2D eigenvalue weighted by Crippen LogP contribution is 2.29. The first kappa shape index (κ1) is 18.8. The number of benzene rings is 3. The summed E-state index contributed by atoms with van der Waals surface area (Å²) in [5, 5.41) is 11.4. The third kappa shape index (κ3) is 3.49. The fourth-order valence-corrected chi connectivity index (χ4v) is 5.40. The van der Waals surface area contributed by atoms with E-state index in [1.807, 2.05) is 0 Å². The van der Waals surface area contributed by atoms with Crippen LogP contribution in [0.5, 0.6) is 0 Å². The quantitative estimate of drug-likeness (QED) is 0.644. The molecule has 0 aromatic heterocycles. The summed E-state index contributed by atoms with van der Waals surface area (Å²) in [6.45, 7) is 0. The zero-order valence-electron chi connectivity index (χ0n) is 13.8. The van der Waals surface area contributed by atoms with E-state index < -0.39 is 36.1 Å². The van der Waals surface area contributed by atoms with Crippen LogP contribution in [0.4, 0.5) is 0 Å². The monoisotopic (exact) mass is 401 g/mol. The van der Waals surface area contributed by atoms with Gasteiger partial charge in [-0.15, -0.1) is 0 Å². The molecule has 138 valence electrons. The average molecular weight is 401 g/mol. The third-order valence-electron chi connectivity index (χ3n) is 3.88. The second kappa shape index (κ2) is 6.98. The van der Waals surface area contributed by atoms with Crippen molar-refractivity contribution >= 4 is 25.6 Å². The summed E-state index contributed by atoms with van der Waals surface area (Å²) in [5.74, 6) is -1.71. The molecular weight excluding hydrogens is 388 g/mol. The average Bonchev–Trinajstić information content (AvgIpc) is 2.68. The van der Waals surface area contributed by atoms with Gasteiger partial charge in [-0.25, -0.2) is 16.8 Å². The minimum absolute atomic E-state index is 0.0331. The number of hydrogen-bond donors (Lipinski definition) is 0. The number of hydrogen-bond acceptors (Lipinski definition) is 6. The molecule has 0 amide bonds. The van der Waals surface area contributed by atoms with E-state index in [-0.39, 0.29) is 14.7 Å². The van der Waals surface area contributed by atoms with Crippen LogP contribution in [0.25, 0.3) is 0 Å². The Morgan fingerprint density at radius 1 is 0.630 bits per heavy atom. The molecule has 3 aromatic rings. The van der Waals surface area contributed by atoms with E-state index >= 15 is 0 Å². The molecule has 0 aliphatic rings. The number of carboxylic acids is 1. The van der Waals surface area contributed by atoms with E-state index in [0.29, 0.717) is 0 Å². The maximum Gasteiger partial charge on any atom is 0.207 e. The Kier molecular flexibility index (Phi) is 4.86. The second-order valence-corrected chi connectivity index (χ2v) is 9.45. The van der Waals surface area contributed by atoms with E-state index in [1.165, 1.54) is 48.5 Å².